The van der Waals surface area contributed by atoms with Gasteiger partial charge in [0.05, 0.1) is 23.8 Å². The zero-order chi connectivity index (χ0) is 15.1. The number of benzene rings is 2. The highest BCUT2D eigenvalue weighted by atomic mass is 16.5. The first-order chi connectivity index (χ1) is 10.8. The first-order valence-electron chi connectivity index (χ1n) is 6.94. The monoisotopic (exact) mass is 290 g/mol. The van der Waals surface area contributed by atoms with Crippen molar-refractivity contribution in [2.45, 2.75) is 0 Å². The Morgan fingerprint density at radius 3 is 2.64 bits per heavy atom. The summed E-state index contributed by atoms with van der Waals surface area (Å²) in [5, 5.41) is 0. The Morgan fingerprint density at radius 1 is 1.00 bits per heavy atom. The van der Waals surface area contributed by atoms with Crippen LogP contribution >= 0.6 is 0 Å². The number of ether oxygens (including phenoxy) is 1. The van der Waals surface area contributed by atoms with Gasteiger partial charge in [0.1, 0.15) is 5.75 Å². The summed E-state index contributed by atoms with van der Waals surface area (Å²) in [7, 11) is 1.65. The molecular weight excluding hydrogens is 276 g/mol. The second-order valence-electron chi connectivity index (χ2n) is 5.01. The average Bonchev–Trinajstić information content (AvgIpc) is 2.94. The lowest BCUT2D eigenvalue weighted by atomic mass is 10.1. The second kappa shape index (κ2) is 4.73. The van der Waals surface area contributed by atoms with Crippen LogP contribution in [-0.2, 0) is 0 Å². The summed E-state index contributed by atoms with van der Waals surface area (Å²) >= 11 is 0. The number of nitrogen functional groups attached to an aromatic ring is 1. The van der Waals surface area contributed by atoms with E-state index in [-0.39, 0.29) is 0 Å². The van der Waals surface area contributed by atoms with Crippen molar-refractivity contribution in [2.24, 2.45) is 0 Å². The molecule has 0 bridgehead atoms. The summed E-state index contributed by atoms with van der Waals surface area (Å²) in [6, 6.07) is 15.7. The molecule has 0 atom stereocenters. The molecule has 108 valence electrons. The molecular formula is C17H14N4O. The number of hydrogen-bond acceptors (Lipinski definition) is 4. The molecule has 0 saturated heterocycles. The van der Waals surface area contributed by atoms with Gasteiger partial charge in [0.25, 0.3) is 0 Å². The Morgan fingerprint density at radius 2 is 1.77 bits per heavy atom. The van der Waals surface area contributed by atoms with Gasteiger partial charge in [0, 0.05) is 11.8 Å². The molecule has 0 aliphatic carbocycles. The summed E-state index contributed by atoms with van der Waals surface area (Å²) in [5.74, 6) is 1.16. The van der Waals surface area contributed by atoms with Crippen LogP contribution in [0.2, 0.25) is 0 Å². The molecule has 22 heavy (non-hydrogen) atoms. The standard InChI is InChI=1S/C17H14N4O/c1-22-15-9-5-2-6-11(15)13-10-21-14-8-4-3-7-12(14)20-17(21)16(18)19-13/h2-10H,1H3,(H2,18,19). The highest BCUT2D eigenvalue weighted by molar-refractivity contribution is 5.84. The van der Waals surface area contributed by atoms with Gasteiger partial charge in [-0.25, -0.2) is 9.97 Å². The third-order valence-electron chi connectivity index (χ3n) is 3.70. The molecule has 0 aliphatic heterocycles. The number of nitrogens with zero attached hydrogens (tertiary/aromatic N) is 3. The fraction of sp³-hybridized carbons (Fsp3) is 0.0588. The van der Waals surface area contributed by atoms with E-state index in [0.717, 1.165) is 28.0 Å². The van der Waals surface area contributed by atoms with Gasteiger partial charge in [0.15, 0.2) is 11.5 Å². The van der Waals surface area contributed by atoms with E-state index in [1.165, 1.54) is 0 Å². The van der Waals surface area contributed by atoms with Crippen molar-refractivity contribution >= 4 is 22.5 Å². The number of para-hydroxylation sites is 3. The van der Waals surface area contributed by atoms with E-state index in [2.05, 4.69) is 9.97 Å². The van der Waals surface area contributed by atoms with Crippen LogP contribution in [0.25, 0.3) is 27.9 Å². The van der Waals surface area contributed by atoms with Gasteiger partial charge < -0.3 is 10.5 Å². The van der Waals surface area contributed by atoms with E-state index < -0.39 is 0 Å². The van der Waals surface area contributed by atoms with Gasteiger partial charge in [-0.2, -0.15) is 0 Å². The fourth-order valence-corrected chi connectivity index (χ4v) is 2.67. The number of hydrogen-bond donors (Lipinski definition) is 1. The largest absolute Gasteiger partial charge is 0.496 e. The van der Waals surface area contributed by atoms with Gasteiger partial charge >= 0.3 is 0 Å². The molecule has 0 aliphatic rings. The molecule has 0 amide bonds. The predicted molar refractivity (Wildman–Crippen MR) is 86.9 cm³/mol. The van der Waals surface area contributed by atoms with Crippen molar-refractivity contribution in [3.8, 4) is 17.0 Å². The van der Waals surface area contributed by atoms with Crippen LogP contribution in [0.3, 0.4) is 0 Å². The summed E-state index contributed by atoms with van der Waals surface area (Å²) in [4.78, 5) is 9.03. The van der Waals surface area contributed by atoms with Gasteiger partial charge in [-0.05, 0) is 24.3 Å². The summed E-state index contributed by atoms with van der Waals surface area (Å²) in [6.07, 6.45) is 1.94. The van der Waals surface area contributed by atoms with Crippen LogP contribution in [0.15, 0.2) is 54.7 Å². The van der Waals surface area contributed by atoms with Crippen LogP contribution < -0.4 is 10.5 Å². The van der Waals surface area contributed by atoms with E-state index >= 15 is 0 Å². The molecule has 2 heterocycles. The Balaban J connectivity index is 2.05. The average molecular weight is 290 g/mol. The highest BCUT2D eigenvalue weighted by Gasteiger charge is 2.13. The number of rotatable bonds is 2. The lowest BCUT2D eigenvalue weighted by molar-refractivity contribution is 0.416. The quantitative estimate of drug-likeness (QED) is 0.616. The highest BCUT2D eigenvalue weighted by Crippen LogP contribution is 2.30. The van der Waals surface area contributed by atoms with Crippen molar-refractivity contribution in [1.29, 1.82) is 0 Å². The van der Waals surface area contributed by atoms with E-state index in [4.69, 9.17) is 10.5 Å². The maximum Gasteiger partial charge on any atom is 0.180 e. The minimum absolute atomic E-state index is 0.402. The molecule has 4 rings (SSSR count). The van der Waals surface area contributed by atoms with Crippen molar-refractivity contribution in [1.82, 2.24) is 14.4 Å². The van der Waals surface area contributed by atoms with E-state index in [1.807, 2.05) is 59.1 Å². The van der Waals surface area contributed by atoms with Crippen LogP contribution in [0, 0.1) is 0 Å². The molecule has 0 fully saturated rings. The van der Waals surface area contributed by atoms with Crippen molar-refractivity contribution in [2.75, 3.05) is 12.8 Å². The second-order valence-corrected chi connectivity index (χ2v) is 5.01. The topological polar surface area (TPSA) is 65.4 Å². The molecule has 2 N–H and O–H groups in total. The van der Waals surface area contributed by atoms with Crippen LogP contribution in [0.5, 0.6) is 5.75 Å². The molecule has 4 aromatic rings. The number of anilines is 1. The van der Waals surface area contributed by atoms with Crippen LogP contribution in [0.1, 0.15) is 0 Å². The maximum absolute atomic E-state index is 6.11. The summed E-state index contributed by atoms with van der Waals surface area (Å²) in [5.41, 5.74) is 10.3. The van der Waals surface area contributed by atoms with E-state index in [1.54, 1.807) is 7.11 Å². The Hall–Kier alpha value is -3.08. The van der Waals surface area contributed by atoms with Gasteiger partial charge in [-0.3, -0.25) is 4.40 Å². The van der Waals surface area contributed by atoms with Gasteiger partial charge in [-0.1, -0.05) is 24.3 Å². The SMILES string of the molecule is COc1ccccc1-c1cn2c(nc3ccccc32)c(N)n1. The van der Waals surface area contributed by atoms with E-state index in [9.17, 15) is 0 Å². The Kier molecular flexibility index (Phi) is 2.72. The van der Waals surface area contributed by atoms with Crippen molar-refractivity contribution in [3.05, 3.63) is 54.7 Å². The molecule has 2 aromatic carbocycles. The lowest BCUT2D eigenvalue weighted by Crippen LogP contribution is -2.00. The first kappa shape index (κ1) is 12.6. The molecule has 5 heteroatoms. The first-order valence-corrected chi connectivity index (χ1v) is 6.94. The van der Waals surface area contributed by atoms with Crippen LogP contribution in [-0.4, -0.2) is 21.5 Å². The zero-order valence-electron chi connectivity index (χ0n) is 12.0. The fourth-order valence-electron chi connectivity index (χ4n) is 2.67. The number of fused-ring (bicyclic) bond motifs is 3. The molecule has 2 aromatic heterocycles. The number of aromatic nitrogens is 3. The maximum atomic E-state index is 6.11. The van der Waals surface area contributed by atoms with Gasteiger partial charge in [-0.15, -0.1) is 0 Å². The zero-order valence-corrected chi connectivity index (χ0v) is 12.0. The lowest BCUT2D eigenvalue weighted by Gasteiger charge is -2.09. The van der Waals surface area contributed by atoms with Gasteiger partial charge in [0.2, 0.25) is 0 Å². The predicted octanol–water partition coefficient (Wildman–Crippen LogP) is 3.14. The number of methoxy groups -OCH3 is 1. The minimum atomic E-state index is 0.402. The van der Waals surface area contributed by atoms with Crippen molar-refractivity contribution in [3.63, 3.8) is 0 Å². The number of nitrogens with two attached hydrogens (primary N) is 1. The molecule has 0 saturated carbocycles. The van der Waals surface area contributed by atoms with Crippen LogP contribution in [0.4, 0.5) is 5.82 Å². The smallest absolute Gasteiger partial charge is 0.180 e. The minimum Gasteiger partial charge on any atom is -0.496 e. The third-order valence-corrected chi connectivity index (χ3v) is 3.70. The molecule has 0 radical (unpaired) electrons. The molecule has 5 nitrogen and oxygen atoms in total. The van der Waals surface area contributed by atoms with E-state index in [0.29, 0.717) is 11.5 Å². The normalized spacial score (nSPS) is 11.1. The summed E-state index contributed by atoms with van der Waals surface area (Å²) in [6.45, 7) is 0. The Labute approximate surface area is 127 Å². The molecule has 0 unspecified atom stereocenters. The number of imidazole rings is 1. The third kappa shape index (κ3) is 1.79. The Bertz CT molecular complexity index is 990. The van der Waals surface area contributed by atoms with Crippen molar-refractivity contribution < 1.29 is 4.74 Å². The molecule has 0 spiro atoms. The summed E-state index contributed by atoms with van der Waals surface area (Å²) < 4.78 is 7.39.